The summed E-state index contributed by atoms with van der Waals surface area (Å²) in [6, 6.07) is 0. The minimum atomic E-state index is -0.313. The lowest BCUT2D eigenvalue weighted by atomic mass is 9.94. The maximum absolute atomic E-state index is 5.98. The van der Waals surface area contributed by atoms with Crippen molar-refractivity contribution in [2.24, 2.45) is 17.6 Å². The lowest BCUT2D eigenvalue weighted by Crippen LogP contribution is -2.27. The van der Waals surface area contributed by atoms with E-state index in [0.717, 1.165) is 31.5 Å². The summed E-state index contributed by atoms with van der Waals surface area (Å²) >= 11 is 0. The molecule has 0 aromatic carbocycles. The van der Waals surface area contributed by atoms with Crippen molar-refractivity contribution in [3.63, 3.8) is 0 Å². The second-order valence-electron chi connectivity index (χ2n) is 6.58. The van der Waals surface area contributed by atoms with Crippen LogP contribution in [0, 0.1) is 11.8 Å². The van der Waals surface area contributed by atoms with E-state index in [1.165, 1.54) is 12.8 Å². The number of hydrogen-bond donors (Lipinski definition) is 1. The maximum atomic E-state index is 5.98. The van der Waals surface area contributed by atoms with Crippen LogP contribution in [-0.4, -0.2) is 23.3 Å². The SMILES string of the molecule is CCOC1(c2noc(C[C@@H](CN)CC(C)C)n2)CCCC1. The fourth-order valence-corrected chi connectivity index (χ4v) is 3.35. The van der Waals surface area contributed by atoms with Crippen molar-refractivity contribution >= 4 is 0 Å². The zero-order valence-corrected chi connectivity index (χ0v) is 13.6. The van der Waals surface area contributed by atoms with Gasteiger partial charge in [-0.05, 0) is 57.4 Å². The van der Waals surface area contributed by atoms with Gasteiger partial charge in [0.25, 0.3) is 0 Å². The van der Waals surface area contributed by atoms with Gasteiger partial charge >= 0.3 is 0 Å². The van der Waals surface area contributed by atoms with Crippen molar-refractivity contribution in [1.82, 2.24) is 10.1 Å². The van der Waals surface area contributed by atoms with Gasteiger partial charge in [-0.1, -0.05) is 19.0 Å². The van der Waals surface area contributed by atoms with Crippen molar-refractivity contribution in [1.29, 1.82) is 0 Å². The number of nitrogens with zero attached hydrogens (tertiary/aromatic N) is 2. The Labute approximate surface area is 127 Å². The summed E-state index contributed by atoms with van der Waals surface area (Å²) in [5.41, 5.74) is 5.54. The Kier molecular flexibility index (Phi) is 5.76. The highest BCUT2D eigenvalue weighted by molar-refractivity contribution is 5.05. The summed E-state index contributed by atoms with van der Waals surface area (Å²) in [7, 11) is 0. The molecule has 21 heavy (non-hydrogen) atoms. The van der Waals surface area contributed by atoms with Gasteiger partial charge in [-0.15, -0.1) is 0 Å². The molecule has 0 unspecified atom stereocenters. The van der Waals surface area contributed by atoms with Crippen LogP contribution < -0.4 is 5.73 Å². The van der Waals surface area contributed by atoms with Gasteiger partial charge in [-0.3, -0.25) is 0 Å². The van der Waals surface area contributed by atoms with Gasteiger partial charge in [0.05, 0.1) is 0 Å². The van der Waals surface area contributed by atoms with E-state index in [-0.39, 0.29) is 5.60 Å². The van der Waals surface area contributed by atoms with Crippen molar-refractivity contribution in [2.75, 3.05) is 13.2 Å². The highest BCUT2D eigenvalue weighted by atomic mass is 16.5. The second-order valence-corrected chi connectivity index (χ2v) is 6.58. The molecule has 2 N–H and O–H groups in total. The first-order valence-electron chi connectivity index (χ1n) is 8.26. The quantitative estimate of drug-likeness (QED) is 0.798. The van der Waals surface area contributed by atoms with Gasteiger partial charge < -0.3 is 15.0 Å². The summed E-state index contributed by atoms with van der Waals surface area (Å²) in [4.78, 5) is 4.62. The maximum Gasteiger partial charge on any atom is 0.227 e. The predicted octanol–water partition coefficient (Wildman–Crippen LogP) is 3.04. The lowest BCUT2D eigenvalue weighted by Gasteiger charge is -2.24. The summed E-state index contributed by atoms with van der Waals surface area (Å²) in [5.74, 6) is 2.47. The van der Waals surface area contributed by atoms with Crippen LogP contribution in [0.15, 0.2) is 4.52 Å². The van der Waals surface area contributed by atoms with Gasteiger partial charge in [0.2, 0.25) is 11.7 Å². The van der Waals surface area contributed by atoms with Crippen LogP contribution in [0.2, 0.25) is 0 Å². The Morgan fingerprint density at radius 3 is 2.62 bits per heavy atom. The molecule has 5 nitrogen and oxygen atoms in total. The van der Waals surface area contributed by atoms with Gasteiger partial charge in [0.15, 0.2) is 0 Å². The molecule has 0 amide bonds. The van der Waals surface area contributed by atoms with E-state index >= 15 is 0 Å². The average molecular weight is 295 g/mol. The Hall–Kier alpha value is -0.940. The van der Waals surface area contributed by atoms with Crippen LogP contribution in [-0.2, 0) is 16.8 Å². The zero-order chi connectivity index (χ0) is 15.3. The van der Waals surface area contributed by atoms with Crippen molar-refractivity contribution < 1.29 is 9.26 Å². The number of nitrogens with two attached hydrogens (primary N) is 1. The zero-order valence-electron chi connectivity index (χ0n) is 13.6. The molecule has 1 aliphatic rings. The van der Waals surface area contributed by atoms with E-state index in [0.29, 0.717) is 30.9 Å². The minimum Gasteiger partial charge on any atom is -0.367 e. The van der Waals surface area contributed by atoms with E-state index in [2.05, 4.69) is 24.0 Å². The molecule has 1 aliphatic carbocycles. The second kappa shape index (κ2) is 7.36. The van der Waals surface area contributed by atoms with E-state index < -0.39 is 0 Å². The van der Waals surface area contributed by atoms with Gasteiger partial charge in [0.1, 0.15) is 5.60 Å². The Morgan fingerprint density at radius 1 is 1.33 bits per heavy atom. The molecule has 2 rings (SSSR count). The molecule has 0 aliphatic heterocycles. The van der Waals surface area contributed by atoms with E-state index in [1.54, 1.807) is 0 Å². The van der Waals surface area contributed by atoms with E-state index in [4.69, 9.17) is 15.0 Å². The molecular weight excluding hydrogens is 266 g/mol. The third kappa shape index (κ3) is 4.04. The molecule has 1 heterocycles. The lowest BCUT2D eigenvalue weighted by molar-refractivity contribution is -0.0469. The third-order valence-corrected chi connectivity index (χ3v) is 4.31. The molecular formula is C16H29N3O2. The summed E-state index contributed by atoms with van der Waals surface area (Å²) in [5, 5.41) is 4.20. The van der Waals surface area contributed by atoms with Gasteiger partial charge in [-0.25, -0.2) is 0 Å². The Balaban J connectivity index is 2.06. The summed E-state index contributed by atoms with van der Waals surface area (Å²) in [6.07, 6.45) is 6.18. The van der Waals surface area contributed by atoms with Crippen molar-refractivity contribution in [2.45, 2.75) is 64.9 Å². The molecule has 1 aromatic rings. The molecule has 1 saturated carbocycles. The molecule has 0 bridgehead atoms. The van der Waals surface area contributed by atoms with Gasteiger partial charge in [-0.2, -0.15) is 4.98 Å². The smallest absolute Gasteiger partial charge is 0.227 e. The first-order chi connectivity index (χ1) is 10.1. The highest BCUT2D eigenvalue weighted by Gasteiger charge is 2.40. The van der Waals surface area contributed by atoms with Crippen molar-refractivity contribution in [3.05, 3.63) is 11.7 Å². The Morgan fingerprint density at radius 2 is 2.05 bits per heavy atom. The number of ether oxygens (including phenoxy) is 1. The predicted molar refractivity (Wildman–Crippen MR) is 81.8 cm³/mol. The fraction of sp³-hybridized carbons (Fsp3) is 0.875. The molecule has 120 valence electrons. The van der Waals surface area contributed by atoms with Crippen LogP contribution >= 0.6 is 0 Å². The van der Waals surface area contributed by atoms with Crippen LogP contribution in [0.25, 0.3) is 0 Å². The molecule has 0 saturated heterocycles. The molecule has 0 radical (unpaired) electrons. The molecule has 1 fully saturated rings. The monoisotopic (exact) mass is 295 g/mol. The number of hydrogen-bond acceptors (Lipinski definition) is 5. The average Bonchev–Trinajstić information content (AvgIpc) is 3.08. The normalized spacial score (nSPS) is 19.3. The minimum absolute atomic E-state index is 0.313. The first kappa shape index (κ1) is 16.4. The largest absolute Gasteiger partial charge is 0.367 e. The van der Waals surface area contributed by atoms with Crippen molar-refractivity contribution in [3.8, 4) is 0 Å². The van der Waals surface area contributed by atoms with Crippen LogP contribution in [0.4, 0.5) is 0 Å². The summed E-state index contributed by atoms with van der Waals surface area (Å²) in [6.45, 7) is 7.79. The molecule has 5 heteroatoms. The van der Waals surface area contributed by atoms with Crippen LogP contribution in [0.5, 0.6) is 0 Å². The van der Waals surface area contributed by atoms with E-state index in [1.807, 2.05) is 6.92 Å². The number of rotatable bonds is 8. The fourth-order valence-electron chi connectivity index (χ4n) is 3.35. The van der Waals surface area contributed by atoms with Gasteiger partial charge in [0, 0.05) is 13.0 Å². The van der Waals surface area contributed by atoms with Crippen LogP contribution in [0.1, 0.15) is 64.6 Å². The summed E-state index contributed by atoms with van der Waals surface area (Å²) < 4.78 is 11.4. The highest BCUT2D eigenvalue weighted by Crippen LogP contribution is 2.40. The van der Waals surface area contributed by atoms with E-state index in [9.17, 15) is 0 Å². The molecule has 1 aromatic heterocycles. The van der Waals surface area contributed by atoms with Crippen LogP contribution in [0.3, 0.4) is 0 Å². The topological polar surface area (TPSA) is 74.2 Å². The Bertz CT molecular complexity index is 425. The standard InChI is InChI=1S/C16H29N3O2/c1-4-20-16(7-5-6-8-16)15-18-14(21-19-15)10-13(11-17)9-12(2)3/h12-13H,4-11,17H2,1-3H3/t13-/m0/s1. The number of aromatic nitrogens is 2. The molecule has 1 atom stereocenters. The molecule has 0 spiro atoms. The first-order valence-corrected chi connectivity index (χ1v) is 8.26. The third-order valence-electron chi connectivity index (χ3n) is 4.31.